The van der Waals surface area contributed by atoms with Crippen LogP contribution in [-0.4, -0.2) is 28.9 Å². The third-order valence-electron chi connectivity index (χ3n) is 4.08. The average Bonchev–Trinajstić information content (AvgIpc) is 3.04. The minimum Gasteiger partial charge on any atom is -0.378 e. The van der Waals surface area contributed by atoms with E-state index in [0.29, 0.717) is 22.3 Å². The summed E-state index contributed by atoms with van der Waals surface area (Å²) in [5.74, 6) is 1.43. The molecule has 27 heavy (non-hydrogen) atoms. The Hall–Kier alpha value is -1.95. The molecule has 140 valence electrons. The van der Waals surface area contributed by atoms with E-state index in [4.69, 9.17) is 23.2 Å². The van der Waals surface area contributed by atoms with Crippen molar-refractivity contribution in [3.63, 3.8) is 0 Å². The van der Waals surface area contributed by atoms with E-state index < -0.39 is 0 Å². The molecular formula is C20H20Cl2N4S. The Balaban J connectivity index is 1.88. The summed E-state index contributed by atoms with van der Waals surface area (Å²) in [7, 11) is 4.04. The monoisotopic (exact) mass is 418 g/mol. The molecule has 0 aliphatic rings. The van der Waals surface area contributed by atoms with E-state index in [-0.39, 0.29) is 0 Å². The summed E-state index contributed by atoms with van der Waals surface area (Å²) in [6, 6.07) is 13.8. The molecular weight excluding hydrogens is 399 g/mol. The molecule has 2 aromatic carbocycles. The first-order valence-electron chi connectivity index (χ1n) is 8.38. The quantitative estimate of drug-likeness (QED) is 0.358. The first-order valence-corrected chi connectivity index (χ1v) is 10.1. The van der Waals surface area contributed by atoms with E-state index in [1.807, 2.05) is 42.9 Å². The van der Waals surface area contributed by atoms with Gasteiger partial charge in [0.15, 0.2) is 11.0 Å². The summed E-state index contributed by atoms with van der Waals surface area (Å²) in [6.45, 7) is 4.48. The topological polar surface area (TPSA) is 34.0 Å². The minimum atomic E-state index is 0.618. The van der Waals surface area contributed by atoms with Crippen LogP contribution in [0.4, 0.5) is 5.69 Å². The molecule has 7 heteroatoms. The Morgan fingerprint density at radius 2 is 1.74 bits per heavy atom. The van der Waals surface area contributed by atoms with E-state index in [1.165, 1.54) is 0 Å². The highest BCUT2D eigenvalue weighted by atomic mass is 35.5. The molecule has 0 saturated heterocycles. The summed E-state index contributed by atoms with van der Waals surface area (Å²) >= 11 is 14.1. The van der Waals surface area contributed by atoms with Crippen LogP contribution in [0.15, 0.2) is 60.3 Å². The average molecular weight is 419 g/mol. The summed E-state index contributed by atoms with van der Waals surface area (Å²) in [4.78, 5) is 2.06. The van der Waals surface area contributed by atoms with E-state index >= 15 is 0 Å². The van der Waals surface area contributed by atoms with Crippen LogP contribution < -0.4 is 4.90 Å². The van der Waals surface area contributed by atoms with Crippen LogP contribution in [0.1, 0.15) is 5.56 Å². The van der Waals surface area contributed by atoms with Gasteiger partial charge in [0.2, 0.25) is 0 Å². The lowest BCUT2D eigenvalue weighted by atomic mass is 10.2. The fraction of sp³-hybridized carbons (Fsp3) is 0.200. The molecule has 0 atom stereocenters. The number of benzene rings is 2. The van der Waals surface area contributed by atoms with E-state index in [9.17, 15) is 0 Å². The number of thioether (sulfide) groups is 1. The number of aromatic nitrogens is 3. The highest BCUT2D eigenvalue weighted by molar-refractivity contribution is 7.98. The summed E-state index contributed by atoms with van der Waals surface area (Å²) in [5.41, 5.74) is 3.05. The maximum Gasteiger partial charge on any atom is 0.192 e. The van der Waals surface area contributed by atoms with E-state index in [0.717, 1.165) is 27.8 Å². The van der Waals surface area contributed by atoms with Crippen molar-refractivity contribution in [1.29, 1.82) is 0 Å². The van der Waals surface area contributed by atoms with Crippen molar-refractivity contribution >= 4 is 40.7 Å². The van der Waals surface area contributed by atoms with Gasteiger partial charge in [-0.2, -0.15) is 0 Å². The number of hydrogen-bond donors (Lipinski definition) is 0. The van der Waals surface area contributed by atoms with E-state index in [2.05, 4.69) is 45.9 Å². The molecule has 3 aromatic rings. The number of hydrogen-bond acceptors (Lipinski definition) is 4. The minimum absolute atomic E-state index is 0.618. The second kappa shape index (κ2) is 8.83. The predicted octanol–water partition coefficient (Wildman–Crippen LogP) is 5.80. The smallest absolute Gasteiger partial charge is 0.192 e. The second-order valence-corrected chi connectivity index (χ2v) is 7.89. The highest BCUT2D eigenvalue weighted by Gasteiger charge is 2.15. The molecule has 0 N–H and O–H groups in total. The molecule has 0 radical (unpaired) electrons. The zero-order valence-electron chi connectivity index (χ0n) is 15.2. The first kappa shape index (κ1) is 19.8. The highest BCUT2D eigenvalue weighted by Crippen LogP contribution is 2.32. The Bertz CT molecular complexity index is 915. The molecule has 3 rings (SSSR count). The summed E-state index contributed by atoms with van der Waals surface area (Å²) in [5, 5.41) is 10.9. The standard InChI is InChI=1S/C20H20Cl2N4S/c1-4-12-26-19(14-8-10-15(11-9-14)25(2)3)23-24-20(26)27-13-16-17(21)6-5-7-18(16)22/h4-11H,1,12-13H2,2-3H3. The normalized spacial score (nSPS) is 10.8. The van der Waals surface area contributed by atoms with Crippen molar-refractivity contribution in [3.05, 3.63) is 70.7 Å². The van der Waals surface area contributed by atoms with Gasteiger partial charge >= 0.3 is 0 Å². The van der Waals surface area contributed by atoms with Gasteiger partial charge in [-0.15, -0.1) is 16.8 Å². The number of nitrogens with zero attached hydrogens (tertiary/aromatic N) is 4. The Morgan fingerprint density at radius 3 is 2.33 bits per heavy atom. The lowest BCUT2D eigenvalue weighted by Crippen LogP contribution is -2.08. The van der Waals surface area contributed by atoms with Crippen LogP contribution in [0, 0.1) is 0 Å². The Kier molecular flexibility index (Phi) is 6.47. The number of allylic oxidation sites excluding steroid dienone is 1. The van der Waals surface area contributed by atoms with Gasteiger partial charge in [-0.05, 0) is 42.0 Å². The van der Waals surface area contributed by atoms with Crippen LogP contribution in [0.2, 0.25) is 10.0 Å². The van der Waals surface area contributed by atoms with Crippen LogP contribution in [0.25, 0.3) is 11.4 Å². The number of rotatable bonds is 7. The molecule has 0 bridgehead atoms. The lowest BCUT2D eigenvalue weighted by molar-refractivity contribution is 0.731. The molecule has 0 spiro atoms. The molecule has 0 aliphatic carbocycles. The van der Waals surface area contributed by atoms with Gasteiger partial charge in [0, 0.05) is 47.7 Å². The predicted molar refractivity (Wildman–Crippen MR) is 116 cm³/mol. The third kappa shape index (κ3) is 4.49. The maximum atomic E-state index is 6.28. The SMILES string of the molecule is C=CCn1c(SCc2c(Cl)cccc2Cl)nnc1-c1ccc(N(C)C)cc1. The molecule has 0 saturated carbocycles. The summed E-state index contributed by atoms with van der Waals surface area (Å²) < 4.78 is 2.05. The van der Waals surface area contributed by atoms with Gasteiger partial charge in [-0.1, -0.05) is 47.1 Å². The third-order valence-corrected chi connectivity index (χ3v) is 5.78. The van der Waals surface area contributed by atoms with Crippen molar-refractivity contribution < 1.29 is 0 Å². The molecule has 0 amide bonds. The van der Waals surface area contributed by atoms with Crippen LogP contribution in [-0.2, 0) is 12.3 Å². The van der Waals surface area contributed by atoms with Crippen molar-refractivity contribution in [3.8, 4) is 11.4 Å². The molecule has 0 aliphatic heterocycles. The number of anilines is 1. The van der Waals surface area contributed by atoms with Crippen LogP contribution >= 0.6 is 35.0 Å². The lowest BCUT2D eigenvalue weighted by Gasteiger charge is -2.13. The Labute approximate surface area is 173 Å². The molecule has 4 nitrogen and oxygen atoms in total. The van der Waals surface area contributed by atoms with Crippen molar-refractivity contribution in [2.24, 2.45) is 0 Å². The zero-order valence-corrected chi connectivity index (χ0v) is 17.5. The van der Waals surface area contributed by atoms with Gasteiger partial charge in [0.1, 0.15) is 0 Å². The zero-order chi connectivity index (χ0) is 19.4. The largest absolute Gasteiger partial charge is 0.378 e. The second-order valence-electron chi connectivity index (χ2n) is 6.14. The fourth-order valence-electron chi connectivity index (χ4n) is 2.62. The van der Waals surface area contributed by atoms with Gasteiger partial charge < -0.3 is 4.90 Å². The Morgan fingerprint density at radius 1 is 1.07 bits per heavy atom. The van der Waals surface area contributed by atoms with Gasteiger partial charge in [0.05, 0.1) is 0 Å². The van der Waals surface area contributed by atoms with Gasteiger partial charge in [-0.25, -0.2) is 0 Å². The first-order chi connectivity index (χ1) is 13.0. The van der Waals surface area contributed by atoms with Crippen molar-refractivity contribution in [2.75, 3.05) is 19.0 Å². The molecule has 1 heterocycles. The molecule has 1 aromatic heterocycles. The number of halogens is 2. The fourth-order valence-corrected chi connectivity index (χ4v) is 4.31. The van der Waals surface area contributed by atoms with Gasteiger partial charge in [-0.3, -0.25) is 4.57 Å². The van der Waals surface area contributed by atoms with Crippen LogP contribution in [0.5, 0.6) is 0 Å². The van der Waals surface area contributed by atoms with Crippen LogP contribution in [0.3, 0.4) is 0 Å². The molecule has 0 unspecified atom stereocenters. The summed E-state index contributed by atoms with van der Waals surface area (Å²) in [6.07, 6.45) is 1.84. The van der Waals surface area contributed by atoms with Gasteiger partial charge in [0.25, 0.3) is 0 Å². The van der Waals surface area contributed by atoms with E-state index in [1.54, 1.807) is 11.8 Å². The van der Waals surface area contributed by atoms with Crippen molar-refractivity contribution in [1.82, 2.24) is 14.8 Å². The van der Waals surface area contributed by atoms with Crippen molar-refractivity contribution in [2.45, 2.75) is 17.5 Å². The molecule has 0 fully saturated rings. The maximum absolute atomic E-state index is 6.28.